The van der Waals surface area contributed by atoms with Crippen LogP contribution in [0, 0.1) is 0 Å². The smallest absolute Gasteiger partial charge is 0.251 e. The van der Waals surface area contributed by atoms with Crippen molar-refractivity contribution in [2.45, 2.75) is 57.2 Å². The van der Waals surface area contributed by atoms with Crippen molar-refractivity contribution in [2.24, 2.45) is 0 Å². The van der Waals surface area contributed by atoms with Gasteiger partial charge in [-0.05, 0) is 41.2 Å². The summed E-state index contributed by atoms with van der Waals surface area (Å²) in [6.07, 6.45) is 9.98. The number of rotatable bonds is 8. The van der Waals surface area contributed by atoms with Crippen molar-refractivity contribution in [3.05, 3.63) is 88.6 Å². The van der Waals surface area contributed by atoms with Crippen LogP contribution in [-0.2, 0) is 26.2 Å². The fourth-order valence-corrected chi connectivity index (χ4v) is 6.82. The number of Topliss-reactive ketones (excluding diaryl/α,β-unsaturated/α-hetero) is 2. The molecule has 1 N–H and O–H groups in total. The number of thioether (sulfide) groups is 1. The van der Waals surface area contributed by atoms with Gasteiger partial charge in [0.05, 0.1) is 31.6 Å². The van der Waals surface area contributed by atoms with Gasteiger partial charge in [0.1, 0.15) is 6.04 Å². The Labute approximate surface area is 245 Å². The zero-order valence-electron chi connectivity index (χ0n) is 23.7. The molecule has 3 unspecified atom stereocenters. The number of carbonyl (C=O) groups is 4. The molecular weight excluding hydrogens is 536 g/mol. The Morgan fingerprint density at radius 2 is 1.93 bits per heavy atom. The number of nitrogens with one attached hydrogen (secondary N) is 1. The van der Waals surface area contributed by atoms with E-state index in [2.05, 4.69) is 31.1 Å². The molecule has 5 rings (SSSR count). The van der Waals surface area contributed by atoms with Gasteiger partial charge < -0.3 is 10.2 Å². The third kappa shape index (κ3) is 6.36. The Morgan fingerprint density at radius 3 is 2.59 bits per heavy atom. The summed E-state index contributed by atoms with van der Waals surface area (Å²) in [7, 11) is 0. The maximum atomic E-state index is 13.8. The minimum absolute atomic E-state index is 0.0256. The quantitative estimate of drug-likeness (QED) is 0.518. The number of pyridine rings is 1. The van der Waals surface area contributed by atoms with Crippen LogP contribution in [0.2, 0.25) is 0 Å². The summed E-state index contributed by atoms with van der Waals surface area (Å²) in [6.45, 7) is 6.74. The molecule has 3 aliphatic heterocycles. The number of nitrogens with zero attached hydrogens (tertiary/aromatic N) is 3. The standard InChI is InChI=1S/C32H36N4O4S/c1-32(2,3)23-11-9-22(10-12-23)31(40)34-19-25(37)30(27-8-4-5-16-41-27)35-15-13-24-29(35)26(38)20-36(24)28(39)17-21-7-6-14-33-18-21/h4-12,14,18,24,29-30H,13,15-17,19-20H2,1-3H3,(H,34,40). The molecular formula is C32H36N4O4S. The van der Waals surface area contributed by atoms with Gasteiger partial charge in [-0.1, -0.05) is 57.2 Å². The van der Waals surface area contributed by atoms with E-state index in [1.165, 1.54) is 0 Å². The maximum Gasteiger partial charge on any atom is 0.251 e. The Balaban J connectivity index is 1.30. The van der Waals surface area contributed by atoms with Gasteiger partial charge in [-0.2, -0.15) is 0 Å². The molecule has 41 heavy (non-hydrogen) atoms. The number of aromatic nitrogens is 1. The van der Waals surface area contributed by atoms with Crippen molar-refractivity contribution in [1.82, 2.24) is 20.1 Å². The first kappa shape index (κ1) is 29.0. The third-order valence-electron chi connectivity index (χ3n) is 7.94. The number of hydrogen-bond donors (Lipinski definition) is 1. The molecule has 0 bridgehead atoms. The van der Waals surface area contributed by atoms with Gasteiger partial charge in [0.15, 0.2) is 11.6 Å². The summed E-state index contributed by atoms with van der Waals surface area (Å²) < 4.78 is 0. The van der Waals surface area contributed by atoms with E-state index >= 15 is 0 Å². The van der Waals surface area contributed by atoms with Gasteiger partial charge in [-0.25, -0.2) is 0 Å². The molecule has 2 aromatic rings. The lowest BCUT2D eigenvalue weighted by Crippen LogP contribution is -2.51. The highest BCUT2D eigenvalue weighted by Gasteiger charge is 2.52. The first-order chi connectivity index (χ1) is 19.6. The second kappa shape index (κ2) is 12.1. The number of allylic oxidation sites excluding steroid dienone is 2. The van der Waals surface area contributed by atoms with Gasteiger partial charge in [-0.15, -0.1) is 11.8 Å². The lowest BCUT2D eigenvalue weighted by molar-refractivity contribution is -0.132. The second-order valence-corrected chi connectivity index (χ2v) is 12.8. The van der Waals surface area contributed by atoms with Crippen LogP contribution in [0.4, 0.5) is 0 Å². The normalized spacial score (nSPS) is 21.4. The molecule has 1 aromatic carbocycles. The molecule has 214 valence electrons. The SMILES string of the molecule is CC(C)(C)c1ccc(C(=O)NCC(=O)C(C2=CC=CCS2)N2CCC3C2C(=O)CN3C(=O)Cc2cccnc2)cc1. The predicted molar refractivity (Wildman–Crippen MR) is 160 cm³/mol. The van der Waals surface area contributed by atoms with Gasteiger partial charge in [0.25, 0.3) is 5.91 Å². The molecule has 1 aromatic heterocycles. The van der Waals surface area contributed by atoms with Crippen molar-refractivity contribution >= 4 is 35.1 Å². The van der Waals surface area contributed by atoms with Crippen molar-refractivity contribution in [1.29, 1.82) is 0 Å². The number of fused-ring (bicyclic) bond motifs is 1. The summed E-state index contributed by atoms with van der Waals surface area (Å²) in [5.74, 6) is 0.0824. The number of ketones is 2. The fourth-order valence-electron chi connectivity index (χ4n) is 5.82. The van der Waals surface area contributed by atoms with Crippen molar-refractivity contribution in [3.63, 3.8) is 0 Å². The second-order valence-electron chi connectivity index (χ2n) is 11.8. The molecule has 0 radical (unpaired) electrons. The van der Waals surface area contributed by atoms with E-state index in [1.54, 1.807) is 47.3 Å². The summed E-state index contributed by atoms with van der Waals surface area (Å²) >= 11 is 1.57. The Morgan fingerprint density at radius 1 is 1.15 bits per heavy atom. The molecule has 3 aliphatic rings. The van der Waals surface area contributed by atoms with Gasteiger partial charge in [-0.3, -0.25) is 29.1 Å². The third-order valence-corrected chi connectivity index (χ3v) is 9.00. The van der Waals surface area contributed by atoms with Crippen LogP contribution in [0.5, 0.6) is 0 Å². The van der Waals surface area contributed by atoms with Crippen LogP contribution in [-0.4, -0.2) is 81.7 Å². The Kier molecular flexibility index (Phi) is 8.56. The molecule has 2 amide bonds. The van der Waals surface area contributed by atoms with Gasteiger partial charge in [0, 0.05) is 35.2 Å². The highest BCUT2D eigenvalue weighted by molar-refractivity contribution is 8.03. The summed E-state index contributed by atoms with van der Waals surface area (Å²) in [6, 6.07) is 9.59. The summed E-state index contributed by atoms with van der Waals surface area (Å²) in [5, 5.41) is 2.80. The molecule has 9 heteroatoms. The topological polar surface area (TPSA) is 99.7 Å². The molecule has 0 spiro atoms. The summed E-state index contributed by atoms with van der Waals surface area (Å²) in [4.78, 5) is 61.8. The molecule has 2 saturated heterocycles. The van der Waals surface area contributed by atoms with E-state index < -0.39 is 12.1 Å². The highest BCUT2D eigenvalue weighted by Crippen LogP contribution is 2.36. The number of benzene rings is 1. The highest BCUT2D eigenvalue weighted by atomic mass is 32.2. The van der Waals surface area contributed by atoms with Crippen molar-refractivity contribution in [3.8, 4) is 0 Å². The molecule has 2 fully saturated rings. The average molecular weight is 573 g/mol. The van der Waals surface area contributed by atoms with Crippen LogP contribution in [0.3, 0.4) is 0 Å². The van der Waals surface area contributed by atoms with E-state index in [0.717, 1.165) is 21.8 Å². The number of carbonyl (C=O) groups excluding carboxylic acids is 4. The fraction of sp³-hybridized carbons (Fsp3) is 0.406. The Bertz CT molecular complexity index is 1380. The van der Waals surface area contributed by atoms with Crippen molar-refractivity contribution < 1.29 is 19.2 Å². The van der Waals surface area contributed by atoms with E-state index in [4.69, 9.17) is 0 Å². The van der Waals surface area contributed by atoms with Crippen LogP contribution in [0.15, 0.2) is 71.9 Å². The molecule has 8 nitrogen and oxygen atoms in total. The molecule has 0 aliphatic carbocycles. The number of hydrogen-bond acceptors (Lipinski definition) is 7. The van der Waals surface area contributed by atoms with Crippen molar-refractivity contribution in [2.75, 3.05) is 25.4 Å². The van der Waals surface area contributed by atoms with E-state index in [0.29, 0.717) is 18.5 Å². The maximum absolute atomic E-state index is 13.8. The number of amides is 2. The summed E-state index contributed by atoms with van der Waals surface area (Å²) in [5.41, 5.74) is 2.39. The van der Waals surface area contributed by atoms with E-state index in [-0.39, 0.29) is 54.3 Å². The Hall–Kier alpha value is -3.56. The average Bonchev–Trinajstić information content (AvgIpc) is 3.54. The van der Waals surface area contributed by atoms with Gasteiger partial charge in [0.2, 0.25) is 5.91 Å². The first-order valence-electron chi connectivity index (χ1n) is 14.0. The minimum atomic E-state index is -0.666. The molecule has 0 saturated carbocycles. The molecule has 3 atom stereocenters. The van der Waals surface area contributed by atoms with Crippen LogP contribution in [0.1, 0.15) is 48.7 Å². The van der Waals surface area contributed by atoms with E-state index in [1.807, 2.05) is 41.3 Å². The monoisotopic (exact) mass is 572 g/mol. The van der Waals surface area contributed by atoms with Crippen LogP contribution < -0.4 is 5.32 Å². The first-order valence-corrected chi connectivity index (χ1v) is 15.0. The number of likely N-dealkylation sites (tertiary alicyclic amines) is 2. The predicted octanol–water partition coefficient (Wildman–Crippen LogP) is 3.33. The minimum Gasteiger partial charge on any atom is -0.345 e. The van der Waals surface area contributed by atoms with Crippen LogP contribution in [0.25, 0.3) is 0 Å². The lowest BCUT2D eigenvalue weighted by atomic mass is 9.87. The zero-order chi connectivity index (χ0) is 29.1. The van der Waals surface area contributed by atoms with Gasteiger partial charge >= 0.3 is 0 Å². The largest absolute Gasteiger partial charge is 0.345 e. The van der Waals surface area contributed by atoms with Crippen LogP contribution >= 0.6 is 11.8 Å². The lowest BCUT2D eigenvalue weighted by Gasteiger charge is -2.33. The molecule has 4 heterocycles. The van der Waals surface area contributed by atoms with E-state index in [9.17, 15) is 19.2 Å². The zero-order valence-corrected chi connectivity index (χ0v) is 24.5.